The van der Waals surface area contributed by atoms with E-state index in [2.05, 4.69) is 0 Å². The predicted molar refractivity (Wildman–Crippen MR) is 101 cm³/mol. The molecule has 1 atom stereocenters. The number of hydrogen-bond donors (Lipinski definition) is 0. The summed E-state index contributed by atoms with van der Waals surface area (Å²) in [6.45, 7) is 1.63. The summed E-state index contributed by atoms with van der Waals surface area (Å²) in [5.74, 6) is -0.907. The standard InChI is InChI=1S/C20H15NO5S/c1-13(14-6-4-7-15(12-14)21(24)25)26-20(23)17-9-3-2-8-16(17)19(22)18-10-5-11-27-18/h2-13H,1H3. The van der Waals surface area contributed by atoms with Crippen LogP contribution in [0, 0.1) is 10.1 Å². The molecule has 0 aliphatic carbocycles. The largest absolute Gasteiger partial charge is 0.454 e. The van der Waals surface area contributed by atoms with Crippen molar-refractivity contribution in [1.29, 1.82) is 0 Å². The van der Waals surface area contributed by atoms with Crippen molar-refractivity contribution in [3.05, 3.63) is 97.7 Å². The fourth-order valence-corrected chi connectivity index (χ4v) is 3.26. The van der Waals surface area contributed by atoms with Gasteiger partial charge in [0.25, 0.3) is 5.69 Å². The first-order chi connectivity index (χ1) is 13.0. The Balaban J connectivity index is 1.84. The molecule has 0 aliphatic rings. The molecule has 0 fully saturated rings. The van der Waals surface area contributed by atoms with Gasteiger partial charge >= 0.3 is 5.97 Å². The van der Waals surface area contributed by atoms with Gasteiger partial charge in [-0.3, -0.25) is 14.9 Å². The molecule has 3 aromatic rings. The molecular formula is C20H15NO5S. The van der Waals surface area contributed by atoms with Crippen LogP contribution >= 0.6 is 11.3 Å². The molecular weight excluding hydrogens is 366 g/mol. The summed E-state index contributed by atoms with van der Waals surface area (Å²) in [6.07, 6.45) is -0.706. The Labute approximate surface area is 159 Å². The third-order valence-electron chi connectivity index (χ3n) is 3.97. The number of hydrogen-bond acceptors (Lipinski definition) is 6. The summed E-state index contributed by atoms with van der Waals surface area (Å²) in [7, 11) is 0. The molecule has 0 aliphatic heterocycles. The van der Waals surface area contributed by atoms with E-state index in [0.29, 0.717) is 10.4 Å². The van der Waals surface area contributed by atoms with Crippen LogP contribution < -0.4 is 0 Å². The molecule has 0 bridgehead atoms. The van der Waals surface area contributed by atoms with Gasteiger partial charge in [0.15, 0.2) is 0 Å². The number of nitrogens with zero attached hydrogens (tertiary/aromatic N) is 1. The summed E-state index contributed by atoms with van der Waals surface area (Å²) in [4.78, 5) is 36.2. The van der Waals surface area contributed by atoms with E-state index in [9.17, 15) is 19.7 Å². The van der Waals surface area contributed by atoms with Crippen molar-refractivity contribution >= 4 is 28.8 Å². The highest BCUT2D eigenvalue weighted by Gasteiger charge is 2.22. The minimum atomic E-state index is -0.706. The van der Waals surface area contributed by atoms with Crippen LogP contribution in [0.2, 0.25) is 0 Å². The maximum atomic E-state index is 12.6. The number of ether oxygens (including phenoxy) is 1. The minimum absolute atomic E-state index is 0.0799. The van der Waals surface area contributed by atoms with Crippen molar-refractivity contribution < 1.29 is 19.2 Å². The summed E-state index contributed by atoms with van der Waals surface area (Å²) in [6, 6.07) is 15.8. The van der Waals surface area contributed by atoms with E-state index in [1.54, 1.807) is 48.7 Å². The number of carbonyl (C=O) groups excluding carboxylic acids is 2. The van der Waals surface area contributed by atoms with E-state index in [-0.39, 0.29) is 22.6 Å². The van der Waals surface area contributed by atoms with Crippen molar-refractivity contribution in [2.24, 2.45) is 0 Å². The number of nitro groups is 1. The van der Waals surface area contributed by atoms with Crippen LogP contribution in [0.25, 0.3) is 0 Å². The van der Waals surface area contributed by atoms with Crippen LogP contribution in [-0.2, 0) is 4.74 Å². The first kappa shape index (κ1) is 18.5. The van der Waals surface area contributed by atoms with Gasteiger partial charge in [0.05, 0.1) is 15.4 Å². The lowest BCUT2D eigenvalue weighted by Gasteiger charge is -2.15. The van der Waals surface area contributed by atoms with Gasteiger partial charge in [-0.2, -0.15) is 0 Å². The van der Waals surface area contributed by atoms with Crippen molar-refractivity contribution in [2.45, 2.75) is 13.0 Å². The van der Waals surface area contributed by atoms with Gasteiger partial charge < -0.3 is 4.74 Å². The number of nitro benzene ring substituents is 1. The molecule has 0 N–H and O–H groups in total. The molecule has 2 aromatic carbocycles. The Morgan fingerprint density at radius 1 is 1.04 bits per heavy atom. The minimum Gasteiger partial charge on any atom is -0.454 e. The van der Waals surface area contributed by atoms with Gasteiger partial charge in [-0.1, -0.05) is 36.4 Å². The molecule has 6 nitrogen and oxygen atoms in total. The number of benzene rings is 2. The zero-order valence-corrected chi connectivity index (χ0v) is 15.1. The molecule has 0 saturated carbocycles. The Bertz CT molecular complexity index is 997. The third-order valence-corrected chi connectivity index (χ3v) is 4.84. The van der Waals surface area contributed by atoms with E-state index < -0.39 is 17.0 Å². The molecule has 27 heavy (non-hydrogen) atoms. The number of carbonyl (C=O) groups is 2. The molecule has 1 aromatic heterocycles. The fraction of sp³-hybridized carbons (Fsp3) is 0.100. The number of ketones is 1. The smallest absolute Gasteiger partial charge is 0.339 e. The molecule has 0 spiro atoms. The highest BCUT2D eigenvalue weighted by Crippen LogP contribution is 2.24. The lowest BCUT2D eigenvalue weighted by molar-refractivity contribution is -0.385. The van der Waals surface area contributed by atoms with Gasteiger partial charge in [0.1, 0.15) is 6.10 Å². The highest BCUT2D eigenvalue weighted by molar-refractivity contribution is 7.12. The van der Waals surface area contributed by atoms with Crippen molar-refractivity contribution in [3.8, 4) is 0 Å². The first-order valence-electron chi connectivity index (χ1n) is 8.10. The number of rotatable bonds is 6. The van der Waals surface area contributed by atoms with E-state index in [0.717, 1.165) is 0 Å². The van der Waals surface area contributed by atoms with Crippen LogP contribution in [0.4, 0.5) is 5.69 Å². The van der Waals surface area contributed by atoms with Crippen LogP contribution in [0.15, 0.2) is 66.0 Å². The fourth-order valence-electron chi connectivity index (χ4n) is 2.58. The quantitative estimate of drug-likeness (QED) is 0.265. The second-order valence-electron chi connectivity index (χ2n) is 5.75. The number of esters is 1. The topological polar surface area (TPSA) is 86.5 Å². The average Bonchev–Trinajstić information content (AvgIpc) is 3.22. The SMILES string of the molecule is CC(OC(=O)c1ccccc1C(=O)c1cccs1)c1cccc([N+](=O)[O-])c1. The first-order valence-corrected chi connectivity index (χ1v) is 8.98. The van der Waals surface area contributed by atoms with Crippen LogP contribution in [-0.4, -0.2) is 16.7 Å². The highest BCUT2D eigenvalue weighted by atomic mass is 32.1. The second-order valence-corrected chi connectivity index (χ2v) is 6.70. The molecule has 3 rings (SSSR count). The maximum Gasteiger partial charge on any atom is 0.339 e. The summed E-state index contributed by atoms with van der Waals surface area (Å²) in [5, 5.41) is 12.7. The summed E-state index contributed by atoms with van der Waals surface area (Å²) in [5.41, 5.74) is 0.840. The average molecular weight is 381 g/mol. The number of non-ortho nitro benzene ring substituents is 1. The van der Waals surface area contributed by atoms with Gasteiger partial charge in [0.2, 0.25) is 5.78 Å². The van der Waals surface area contributed by atoms with Gasteiger partial charge in [-0.05, 0) is 30.0 Å². The lowest BCUT2D eigenvalue weighted by atomic mass is 10.0. The monoisotopic (exact) mass is 381 g/mol. The molecule has 1 unspecified atom stereocenters. The lowest BCUT2D eigenvalue weighted by Crippen LogP contribution is -2.14. The van der Waals surface area contributed by atoms with Crippen LogP contribution in [0.5, 0.6) is 0 Å². The molecule has 7 heteroatoms. The Kier molecular flexibility index (Phi) is 5.42. The molecule has 0 radical (unpaired) electrons. The third kappa shape index (κ3) is 4.09. The zero-order chi connectivity index (χ0) is 19.4. The van der Waals surface area contributed by atoms with E-state index in [4.69, 9.17) is 4.74 Å². The Hall–Kier alpha value is -3.32. The Morgan fingerprint density at radius 3 is 2.44 bits per heavy atom. The summed E-state index contributed by atoms with van der Waals surface area (Å²) < 4.78 is 5.46. The number of thiophene rings is 1. The molecule has 0 saturated heterocycles. The Morgan fingerprint density at radius 2 is 1.78 bits per heavy atom. The molecule has 136 valence electrons. The van der Waals surface area contributed by atoms with E-state index in [1.165, 1.54) is 35.6 Å². The van der Waals surface area contributed by atoms with Crippen LogP contribution in [0.1, 0.15) is 44.2 Å². The molecule has 1 heterocycles. The zero-order valence-electron chi connectivity index (χ0n) is 14.3. The van der Waals surface area contributed by atoms with Crippen molar-refractivity contribution in [1.82, 2.24) is 0 Å². The van der Waals surface area contributed by atoms with Gasteiger partial charge in [0, 0.05) is 17.7 Å². The van der Waals surface area contributed by atoms with E-state index in [1.807, 2.05) is 0 Å². The maximum absolute atomic E-state index is 12.6. The normalized spacial score (nSPS) is 11.6. The van der Waals surface area contributed by atoms with E-state index >= 15 is 0 Å². The van der Waals surface area contributed by atoms with Gasteiger partial charge in [-0.25, -0.2) is 4.79 Å². The van der Waals surface area contributed by atoms with Crippen molar-refractivity contribution in [3.63, 3.8) is 0 Å². The second kappa shape index (κ2) is 7.92. The molecule has 0 amide bonds. The van der Waals surface area contributed by atoms with Gasteiger partial charge in [-0.15, -0.1) is 11.3 Å². The summed E-state index contributed by atoms with van der Waals surface area (Å²) >= 11 is 1.30. The predicted octanol–water partition coefficient (Wildman–Crippen LogP) is 4.81. The van der Waals surface area contributed by atoms with Crippen molar-refractivity contribution in [2.75, 3.05) is 0 Å². The van der Waals surface area contributed by atoms with Crippen LogP contribution in [0.3, 0.4) is 0 Å².